The summed E-state index contributed by atoms with van der Waals surface area (Å²) >= 11 is 5.62. The number of halogens is 1. The molecule has 0 fully saturated rings. The number of carbonyl (C=O) groups is 1. The summed E-state index contributed by atoms with van der Waals surface area (Å²) in [6.45, 7) is 3.81. The first-order valence-corrected chi connectivity index (χ1v) is 6.39. The largest absolute Gasteiger partial charge is 0.481 e. The molecule has 0 spiro atoms. The number of alkyl halides is 1. The van der Waals surface area contributed by atoms with E-state index in [-0.39, 0.29) is 11.7 Å². The Labute approximate surface area is 116 Å². The molecule has 102 valence electrons. The van der Waals surface area contributed by atoms with Crippen LogP contribution in [0.25, 0.3) is 5.82 Å². The van der Waals surface area contributed by atoms with Gasteiger partial charge in [0.05, 0.1) is 13.0 Å². The molecule has 0 atom stereocenters. The molecule has 19 heavy (non-hydrogen) atoms. The van der Waals surface area contributed by atoms with Crippen molar-refractivity contribution < 1.29 is 9.53 Å². The molecule has 2 rings (SSSR count). The number of hydrogen-bond acceptors (Lipinski definition) is 3. The molecule has 2 aromatic rings. The molecule has 6 heteroatoms. The number of methoxy groups -OCH3 is 1. The smallest absolute Gasteiger partial charge is 0.213 e. The zero-order valence-electron chi connectivity index (χ0n) is 11.4. The molecular formula is C13H16ClN3O2. The zero-order valence-corrected chi connectivity index (χ0v) is 12.2. The minimum Gasteiger partial charge on any atom is -0.481 e. The van der Waals surface area contributed by atoms with Crippen LogP contribution in [-0.2, 0) is 7.05 Å². The van der Waals surface area contributed by atoms with Crippen LogP contribution in [0.5, 0.6) is 5.88 Å². The Morgan fingerprint density at radius 2 is 2.11 bits per heavy atom. The zero-order chi connectivity index (χ0) is 14.2. The van der Waals surface area contributed by atoms with Crippen LogP contribution in [0.1, 0.15) is 21.7 Å². The standard InChI is InChI=1S/C13H16ClN3O2/c1-8-5-10(11(18)7-14)9(2)17(8)12-6-13(19-4)16(3)15-12/h5-6H,7H2,1-4H3. The second-order valence-corrected chi connectivity index (χ2v) is 4.61. The van der Waals surface area contributed by atoms with Crippen LogP contribution in [0, 0.1) is 13.8 Å². The predicted molar refractivity (Wildman–Crippen MR) is 73.6 cm³/mol. The molecule has 0 amide bonds. The fraction of sp³-hybridized carbons (Fsp3) is 0.385. The van der Waals surface area contributed by atoms with Crippen molar-refractivity contribution in [1.29, 1.82) is 0 Å². The highest BCUT2D eigenvalue weighted by molar-refractivity contribution is 6.30. The second kappa shape index (κ2) is 5.09. The Kier molecular flexibility index (Phi) is 3.66. The highest BCUT2D eigenvalue weighted by Gasteiger charge is 2.18. The molecule has 0 unspecified atom stereocenters. The van der Waals surface area contributed by atoms with Crippen LogP contribution in [0.3, 0.4) is 0 Å². The number of aromatic nitrogens is 3. The maximum Gasteiger partial charge on any atom is 0.213 e. The maximum absolute atomic E-state index is 11.8. The number of ketones is 1. The lowest BCUT2D eigenvalue weighted by atomic mass is 10.2. The van der Waals surface area contributed by atoms with Crippen LogP contribution in [-0.4, -0.2) is 33.1 Å². The van der Waals surface area contributed by atoms with Crippen molar-refractivity contribution in [1.82, 2.24) is 14.3 Å². The SMILES string of the molecule is COc1cc(-n2c(C)cc(C(=O)CCl)c2C)nn1C. The van der Waals surface area contributed by atoms with Gasteiger partial charge in [-0.2, -0.15) is 5.10 Å². The van der Waals surface area contributed by atoms with Gasteiger partial charge in [-0.1, -0.05) is 0 Å². The Balaban J connectivity index is 2.56. The van der Waals surface area contributed by atoms with E-state index in [1.54, 1.807) is 18.8 Å². The summed E-state index contributed by atoms with van der Waals surface area (Å²) in [6.07, 6.45) is 0. The van der Waals surface area contributed by atoms with Gasteiger partial charge in [-0.25, -0.2) is 4.68 Å². The van der Waals surface area contributed by atoms with Gasteiger partial charge >= 0.3 is 0 Å². The molecule has 0 aliphatic carbocycles. The fourth-order valence-corrected chi connectivity index (χ4v) is 2.35. The van der Waals surface area contributed by atoms with E-state index in [0.717, 1.165) is 17.2 Å². The summed E-state index contributed by atoms with van der Waals surface area (Å²) in [6, 6.07) is 3.66. The number of aryl methyl sites for hydroxylation is 2. The molecule has 5 nitrogen and oxygen atoms in total. The van der Waals surface area contributed by atoms with Crippen LogP contribution >= 0.6 is 11.6 Å². The van der Waals surface area contributed by atoms with Gasteiger partial charge in [-0.15, -0.1) is 11.6 Å². The minimum absolute atomic E-state index is 0.0180. The van der Waals surface area contributed by atoms with Crippen LogP contribution < -0.4 is 4.74 Å². The number of carbonyl (C=O) groups excluding carboxylic acids is 1. The minimum atomic E-state index is -0.0797. The number of rotatable bonds is 4. The molecule has 0 aliphatic heterocycles. The first-order valence-electron chi connectivity index (χ1n) is 5.86. The number of nitrogens with zero attached hydrogens (tertiary/aromatic N) is 3. The Morgan fingerprint density at radius 3 is 2.63 bits per heavy atom. The van der Waals surface area contributed by atoms with Crippen molar-refractivity contribution in [2.45, 2.75) is 13.8 Å². The molecule has 0 N–H and O–H groups in total. The Morgan fingerprint density at radius 1 is 1.42 bits per heavy atom. The van der Waals surface area contributed by atoms with E-state index in [1.807, 2.05) is 30.5 Å². The average Bonchev–Trinajstić information content (AvgIpc) is 2.88. The van der Waals surface area contributed by atoms with E-state index >= 15 is 0 Å². The number of hydrogen-bond donors (Lipinski definition) is 0. The maximum atomic E-state index is 11.8. The van der Waals surface area contributed by atoms with Gasteiger partial charge in [0.15, 0.2) is 11.6 Å². The van der Waals surface area contributed by atoms with E-state index in [4.69, 9.17) is 16.3 Å². The molecule has 0 aliphatic rings. The molecule has 0 bridgehead atoms. The van der Waals surface area contributed by atoms with Gasteiger partial charge in [-0.05, 0) is 19.9 Å². The third-order valence-electron chi connectivity index (χ3n) is 3.12. The summed E-state index contributed by atoms with van der Waals surface area (Å²) < 4.78 is 8.77. The monoisotopic (exact) mass is 281 g/mol. The number of Topliss-reactive ketones (excluding diaryl/α,β-unsaturated/α-hetero) is 1. The van der Waals surface area contributed by atoms with Gasteiger partial charge in [0.2, 0.25) is 5.88 Å². The van der Waals surface area contributed by atoms with E-state index in [1.165, 1.54) is 0 Å². The molecular weight excluding hydrogens is 266 g/mol. The summed E-state index contributed by atoms with van der Waals surface area (Å²) in [5.41, 5.74) is 2.41. The first-order chi connectivity index (χ1) is 8.99. The first kappa shape index (κ1) is 13.7. The van der Waals surface area contributed by atoms with Crippen molar-refractivity contribution >= 4 is 17.4 Å². The Hall–Kier alpha value is -1.75. The third kappa shape index (κ3) is 2.26. The summed E-state index contributed by atoms with van der Waals surface area (Å²) in [5.74, 6) is 1.29. The summed E-state index contributed by atoms with van der Waals surface area (Å²) in [4.78, 5) is 11.8. The quantitative estimate of drug-likeness (QED) is 0.638. The van der Waals surface area contributed by atoms with Gasteiger partial charge < -0.3 is 9.30 Å². The van der Waals surface area contributed by atoms with E-state index in [9.17, 15) is 4.79 Å². The predicted octanol–water partition coefficient (Wildman–Crippen LogP) is 2.26. The average molecular weight is 282 g/mol. The second-order valence-electron chi connectivity index (χ2n) is 4.35. The molecule has 2 aromatic heterocycles. The molecule has 0 saturated carbocycles. The molecule has 0 radical (unpaired) electrons. The highest BCUT2D eigenvalue weighted by atomic mass is 35.5. The van der Waals surface area contributed by atoms with Crippen molar-refractivity contribution in [2.75, 3.05) is 13.0 Å². The Bertz CT molecular complexity index is 628. The summed E-state index contributed by atoms with van der Waals surface area (Å²) in [7, 11) is 3.40. The van der Waals surface area contributed by atoms with Crippen molar-refractivity contribution in [3.8, 4) is 11.7 Å². The van der Waals surface area contributed by atoms with Crippen molar-refractivity contribution in [3.05, 3.63) is 29.1 Å². The molecule has 0 saturated heterocycles. The van der Waals surface area contributed by atoms with E-state index in [2.05, 4.69) is 5.10 Å². The third-order valence-corrected chi connectivity index (χ3v) is 3.36. The topological polar surface area (TPSA) is 49.1 Å². The normalized spacial score (nSPS) is 10.8. The lowest BCUT2D eigenvalue weighted by molar-refractivity contribution is 0.102. The van der Waals surface area contributed by atoms with Crippen molar-refractivity contribution in [2.24, 2.45) is 7.05 Å². The van der Waals surface area contributed by atoms with Crippen LogP contribution in [0.4, 0.5) is 0 Å². The lowest BCUT2D eigenvalue weighted by Gasteiger charge is -2.05. The van der Waals surface area contributed by atoms with Gasteiger partial charge in [0.25, 0.3) is 0 Å². The van der Waals surface area contributed by atoms with Gasteiger partial charge in [-0.3, -0.25) is 4.79 Å². The highest BCUT2D eigenvalue weighted by Crippen LogP contribution is 2.23. The summed E-state index contributed by atoms with van der Waals surface area (Å²) in [5, 5.41) is 4.38. The van der Waals surface area contributed by atoms with Crippen LogP contribution in [0.2, 0.25) is 0 Å². The van der Waals surface area contributed by atoms with Gasteiger partial charge in [0.1, 0.15) is 0 Å². The van der Waals surface area contributed by atoms with E-state index < -0.39 is 0 Å². The molecule has 2 heterocycles. The van der Waals surface area contributed by atoms with Crippen LogP contribution in [0.15, 0.2) is 12.1 Å². The molecule has 0 aromatic carbocycles. The lowest BCUT2D eigenvalue weighted by Crippen LogP contribution is -2.05. The van der Waals surface area contributed by atoms with Gasteiger partial charge in [0, 0.05) is 30.1 Å². The number of ether oxygens (including phenoxy) is 1. The van der Waals surface area contributed by atoms with Crippen molar-refractivity contribution in [3.63, 3.8) is 0 Å². The van der Waals surface area contributed by atoms with E-state index in [0.29, 0.717) is 11.4 Å². The fourth-order valence-electron chi connectivity index (χ4n) is 2.21.